The molecule has 32 heavy (non-hydrogen) atoms. The SMILES string of the molecule is Cc1cc(C)n(-c2c(C(C)C)cccc2C(C)C)c1-c1ccc(-c2ccccc2)c[n+]1C. The number of nitrogens with zero attached hydrogens (tertiary/aromatic N) is 2. The van der Waals surface area contributed by atoms with Crippen LogP contribution in [-0.4, -0.2) is 4.57 Å². The topological polar surface area (TPSA) is 8.81 Å². The predicted octanol–water partition coefficient (Wildman–Crippen LogP) is 7.50. The van der Waals surface area contributed by atoms with Crippen LogP contribution in [0.2, 0.25) is 0 Å². The van der Waals surface area contributed by atoms with Crippen molar-refractivity contribution in [1.29, 1.82) is 0 Å². The largest absolute Gasteiger partial charge is 0.308 e. The number of aromatic nitrogens is 2. The van der Waals surface area contributed by atoms with Crippen LogP contribution >= 0.6 is 0 Å². The third-order valence-electron chi connectivity index (χ3n) is 6.42. The fraction of sp³-hybridized carbons (Fsp3) is 0.300. The molecule has 0 bridgehead atoms. The summed E-state index contributed by atoms with van der Waals surface area (Å²) in [5, 5.41) is 0. The Labute approximate surface area is 193 Å². The van der Waals surface area contributed by atoms with Gasteiger partial charge in [-0.2, -0.15) is 4.57 Å². The normalized spacial score (nSPS) is 11.5. The number of rotatable bonds is 5. The van der Waals surface area contributed by atoms with Crippen molar-refractivity contribution in [3.63, 3.8) is 0 Å². The Morgan fingerprint density at radius 2 is 1.34 bits per heavy atom. The summed E-state index contributed by atoms with van der Waals surface area (Å²) in [6, 6.07) is 24.2. The minimum absolute atomic E-state index is 0.452. The summed E-state index contributed by atoms with van der Waals surface area (Å²) >= 11 is 0. The number of pyridine rings is 1. The first-order chi connectivity index (χ1) is 15.3. The third kappa shape index (κ3) is 3.90. The van der Waals surface area contributed by atoms with E-state index in [0.717, 1.165) is 0 Å². The average molecular weight is 424 g/mol. The molecule has 2 heteroatoms. The molecule has 0 atom stereocenters. The van der Waals surface area contributed by atoms with E-state index in [4.69, 9.17) is 0 Å². The van der Waals surface area contributed by atoms with E-state index >= 15 is 0 Å². The molecule has 0 N–H and O–H groups in total. The zero-order chi connectivity index (χ0) is 23.0. The van der Waals surface area contributed by atoms with Crippen molar-refractivity contribution in [1.82, 2.24) is 4.57 Å². The third-order valence-corrected chi connectivity index (χ3v) is 6.42. The lowest BCUT2D eigenvalue weighted by Crippen LogP contribution is -2.31. The molecule has 0 radical (unpaired) electrons. The molecule has 0 aliphatic carbocycles. The Kier molecular flexibility index (Phi) is 6.06. The van der Waals surface area contributed by atoms with Crippen molar-refractivity contribution >= 4 is 0 Å². The Morgan fingerprint density at radius 1 is 0.719 bits per heavy atom. The van der Waals surface area contributed by atoms with Gasteiger partial charge in [-0.3, -0.25) is 0 Å². The summed E-state index contributed by atoms with van der Waals surface area (Å²) in [4.78, 5) is 0. The van der Waals surface area contributed by atoms with E-state index in [1.165, 1.54) is 50.6 Å². The smallest absolute Gasteiger partial charge is 0.229 e. The fourth-order valence-corrected chi connectivity index (χ4v) is 4.83. The van der Waals surface area contributed by atoms with Crippen molar-refractivity contribution < 1.29 is 4.57 Å². The monoisotopic (exact) mass is 423 g/mol. The Hall–Kier alpha value is -3.13. The standard InChI is InChI=1S/C30H35N2/c1-20(2)26-14-11-15-27(21(3)4)30(26)32-23(6)18-22(5)29(32)28-17-16-25(19-31(28)7)24-12-9-8-10-13-24/h8-21H,1-7H3/q+1. The van der Waals surface area contributed by atoms with Gasteiger partial charge in [0.2, 0.25) is 5.69 Å². The van der Waals surface area contributed by atoms with Crippen molar-refractivity contribution in [3.05, 3.63) is 95.3 Å². The molecule has 2 aromatic heterocycles. The maximum Gasteiger partial charge on any atom is 0.229 e. The van der Waals surface area contributed by atoms with Gasteiger partial charge in [0.1, 0.15) is 12.7 Å². The molecule has 0 aliphatic heterocycles. The van der Waals surface area contributed by atoms with Gasteiger partial charge in [0.05, 0.1) is 5.69 Å². The van der Waals surface area contributed by atoms with Crippen LogP contribution in [0.3, 0.4) is 0 Å². The van der Waals surface area contributed by atoms with Crippen LogP contribution in [0.4, 0.5) is 0 Å². The fourth-order valence-electron chi connectivity index (χ4n) is 4.83. The second kappa shape index (κ2) is 8.78. The summed E-state index contributed by atoms with van der Waals surface area (Å²) in [5.74, 6) is 0.903. The van der Waals surface area contributed by atoms with Crippen LogP contribution in [0, 0.1) is 13.8 Å². The van der Waals surface area contributed by atoms with Gasteiger partial charge in [-0.1, -0.05) is 76.2 Å². The van der Waals surface area contributed by atoms with Gasteiger partial charge in [0.15, 0.2) is 6.20 Å². The van der Waals surface area contributed by atoms with Crippen LogP contribution in [0.1, 0.15) is 61.9 Å². The van der Waals surface area contributed by atoms with E-state index in [9.17, 15) is 0 Å². The molecule has 0 fully saturated rings. The van der Waals surface area contributed by atoms with Gasteiger partial charge in [0.25, 0.3) is 0 Å². The lowest BCUT2D eigenvalue weighted by Gasteiger charge is -2.23. The van der Waals surface area contributed by atoms with Crippen molar-refractivity contribution in [2.75, 3.05) is 0 Å². The number of benzene rings is 2. The Morgan fingerprint density at radius 3 is 1.91 bits per heavy atom. The quantitative estimate of drug-likeness (QED) is 0.294. The zero-order valence-corrected chi connectivity index (χ0v) is 20.5. The second-order valence-electron chi connectivity index (χ2n) is 9.53. The molecule has 4 aromatic rings. The first kappa shape index (κ1) is 22.1. The van der Waals surface area contributed by atoms with Gasteiger partial charge in [-0.25, -0.2) is 0 Å². The number of hydrogen-bond acceptors (Lipinski definition) is 0. The molecule has 0 saturated heterocycles. The predicted molar refractivity (Wildman–Crippen MR) is 135 cm³/mol. The first-order valence-corrected chi connectivity index (χ1v) is 11.7. The van der Waals surface area contributed by atoms with E-state index < -0.39 is 0 Å². The van der Waals surface area contributed by atoms with Crippen LogP contribution in [-0.2, 0) is 7.05 Å². The summed E-state index contributed by atoms with van der Waals surface area (Å²) in [6.45, 7) is 13.6. The Balaban J connectivity index is 1.97. The minimum Gasteiger partial charge on any atom is -0.308 e. The minimum atomic E-state index is 0.452. The maximum atomic E-state index is 2.50. The summed E-state index contributed by atoms with van der Waals surface area (Å²) in [6.07, 6.45) is 2.24. The molecule has 4 rings (SSSR count). The van der Waals surface area contributed by atoms with E-state index in [0.29, 0.717) is 11.8 Å². The molecular weight excluding hydrogens is 388 g/mol. The molecule has 2 nitrogen and oxygen atoms in total. The first-order valence-electron chi connectivity index (χ1n) is 11.7. The van der Waals surface area contributed by atoms with E-state index in [1.807, 2.05) is 0 Å². The van der Waals surface area contributed by atoms with E-state index in [-0.39, 0.29) is 0 Å². The average Bonchev–Trinajstić information content (AvgIpc) is 3.06. The molecular formula is C30H35N2+. The van der Waals surface area contributed by atoms with E-state index in [1.54, 1.807) is 0 Å². The zero-order valence-electron chi connectivity index (χ0n) is 20.5. The second-order valence-corrected chi connectivity index (χ2v) is 9.53. The highest BCUT2D eigenvalue weighted by molar-refractivity contribution is 5.68. The van der Waals surface area contributed by atoms with Crippen molar-refractivity contribution in [2.24, 2.45) is 7.05 Å². The number of aryl methyl sites for hydroxylation is 3. The Bertz CT molecular complexity index is 1220. The van der Waals surface area contributed by atoms with Gasteiger partial charge in [-0.15, -0.1) is 0 Å². The summed E-state index contributed by atoms with van der Waals surface area (Å²) in [5.41, 5.74) is 11.7. The molecule has 0 saturated carbocycles. The molecule has 2 aromatic carbocycles. The lowest BCUT2D eigenvalue weighted by atomic mass is 9.92. The van der Waals surface area contributed by atoms with Gasteiger partial charge in [0, 0.05) is 17.3 Å². The van der Waals surface area contributed by atoms with Crippen LogP contribution in [0.5, 0.6) is 0 Å². The summed E-state index contributed by atoms with van der Waals surface area (Å²) < 4.78 is 4.77. The van der Waals surface area contributed by atoms with Crippen LogP contribution < -0.4 is 4.57 Å². The van der Waals surface area contributed by atoms with E-state index in [2.05, 4.69) is 131 Å². The molecule has 0 aliphatic rings. The number of hydrogen-bond donors (Lipinski definition) is 0. The van der Waals surface area contributed by atoms with Crippen molar-refractivity contribution in [2.45, 2.75) is 53.4 Å². The molecule has 164 valence electrons. The van der Waals surface area contributed by atoms with Gasteiger partial charge < -0.3 is 4.57 Å². The molecule has 0 spiro atoms. The molecule has 2 heterocycles. The number of para-hydroxylation sites is 1. The molecule has 0 amide bonds. The van der Waals surface area contributed by atoms with Crippen LogP contribution in [0.25, 0.3) is 28.2 Å². The lowest BCUT2D eigenvalue weighted by molar-refractivity contribution is -0.660. The van der Waals surface area contributed by atoms with Gasteiger partial charge >= 0.3 is 0 Å². The maximum absolute atomic E-state index is 2.50. The molecule has 0 unspecified atom stereocenters. The highest BCUT2D eigenvalue weighted by Crippen LogP contribution is 2.37. The van der Waals surface area contributed by atoms with Crippen molar-refractivity contribution in [3.8, 4) is 28.2 Å². The highest BCUT2D eigenvalue weighted by Gasteiger charge is 2.25. The highest BCUT2D eigenvalue weighted by atomic mass is 15.0. The van der Waals surface area contributed by atoms with Crippen LogP contribution in [0.15, 0.2) is 72.9 Å². The van der Waals surface area contributed by atoms with Gasteiger partial charge in [-0.05, 0) is 60.1 Å². The summed E-state index contributed by atoms with van der Waals surface area (Å²) in [7, 11) is 2.16.